The summed E-state index contributed by atoms with van der Waals surface area (Å²) in [6.45, 7) is 7.71. The van der Waals surface area contributed by atoms with Crippen molar-refractivity contribution in [3.8, 4) is 0 Å². The van der Waals surface area contributed by atoms with E-state index in [1.54, 1.807) is 0 Å². The highest BCUT2D eigenvalue weighted by molar-refractivity contribution is 6.19. The molecule has 0 radical (unpaired) electrons. The van der Waals surface area contributed by atoms with Crippen molar-refractivity contribution in [3.63, 3.8) is 0 Å². The first-order valence-corrected chi connectivity index (χ1v) is 6.34. The number of amides is 1. The Balaban J connectivity index is 2.70. The Bertz CT molecular complexity index is 384. The van der Waals surface area contributed by atoms with E-state index >= 15 is 0 Å². The molecule has 1 atom stereocenters. The normalized spacial score (nSPS) is 13.2. The van der Waals surface area contributed by atoms with Crippen molar-refractivity contribution in [2.75, 3.05) is 5.88 Å². The zero-order valence-corrected chi connectivity index (χ0v) is 11.6. The molecule has 0 aliphatic carbocycles. The van der Waals surface area contributed by atoms with Crippen LogP contribution in [-0.4, -0.2) is 11.8 Å². The van der Waals surface area contributed by atoms with Gasteiger partial charge < -0.3 is 5.32 Å². The second-order valence-electron chi connectivity index (χ2n) is 5.12. The molecule has 2 nitrogen and oxygen atoms in total. The lowest BCUT2D eigenvalue weighted by atomic mass is 9.94. The van der Waals surface area contributed by atoms with E-state index in [0.29, 0.717) is 5.88 Å². The smallest absolute Gasteiger partial charge is 0.227 e. The summed E-state index contributed by atoms with van der Waals surface area (Å²) in [7, 11) is 0. The molecule has 17 heavy (non-hydrogen) atoms. The average molecular weight is 254 g/mol. The van der Waals surface area contributed by atoms with Gasteiger partial charge in [0, 0.05) is 5.88 Å². The lowest BCUT2D eigenvalue weighted by Gasteiger charge is -2.24. The summed E-state index contributed by atoms with van der Waals surface area (Å²) in [6.07, 6.45) is 0. The number of nitrogens with one attached hydrogen (secondary N) is 1. The lowest BCUT2D eigenvalue weighted by molar-refractivity contribution is -0.129. The van der Waals surface area contributed by atoms with Crippen LogP contribution in [0, 0.1) is 12.3 Å². The van der Waals surface area contributed by atoms with E-state index in [1.165, 1.54) is 5.56 Å². The molecule has 1 aromatic carbocycles. The SMILES string of the molecule is Cc1ccc([C@H](C)NC(=O)C(C)(C)CCl)cc1. The molecule has 0 fully saturated rings. The van der Waals surface area contributed by atoms with Crippen molar-refractivity contribution in [3.05, 3.63) is 35.4 Å². The molecule has 0 saturated heterocycles. The molecule has 1 aromatic rings. The van der Waals surface area contributed by atoms with Crippen LogP contribution in [-0.2, 0) is 4.79 Å². The van der Waals surface area contributed by atoms with Gasteiger partial charge in [-0.2, -0.15) is 0 Å². The molecule has 0 aliphatic heterocycles. The largest absolute Gasteiger partial charge is 0.349 e. The predicted octanol–water partition coefficient (Wildman–Crippen LogP) is 3.44. The first-order chi connectivity index (χ1) is 7.86. The fraction of sp³-hybridized carbons (Fsp3) is 0.500. The number of halogens is 1. The Labute approximate surface area is 108 Å². The quantitative estimate of drug-likeness (QED) is 0.819. The molecule has 1 amide bonds. The van der Waals surface area contributed by atoms with E-state index in [1.807, 2.05) is 52.0 Å². The molecule has 94 valence electrons. The number of alkyl halides is 1. The number of rotatable bonds is 4. The van der Waals surface area contributed by atoms with E-state index in [9.17, 15) is 4.79 Å². The van der Waals surface area contributed by atoms with Crippen LogP contribution in [0.1, 0.15) is 37.9 Å². The van der Waals surface area contributed by atoms with Crippen LogP contribution in [0.15, 0.2) is 24.3 Å². The maximum Gasteiger partial charge on any atom is 0.227 e. The van der Waals surface area contributed by atoms with E-state index in [2.05, 4.69) is 5.32 Å². The summed E-state index contributed by atoms with van der Waals surface area (Å²) < 4.78 is 0. The molecule has 0 spiro atoms. The van der Waals surface area contributed by atoms with Gasteiger partial charge in [0.15, 0.2) is 0 Å². The van der Waals surface area contributed by atoms with Crippen molar-refractivity contribution in [2.24, 2.45) is 5.41 Å². The number of aryl methyl sites for hydroxylation is 1. The molecule has 0 heterocycles. The Morgan fingerprint density at radius 3 is 2.35 bits per heavy atom. The maximum absolute atomic E-state index is 12.0. The topological polar surface area (TPSA) is 29.1 Å². The Morgan fingerprint density at radius 2 is 1.88 bits per heavy atom. The van der Waals surface area contributed by atoms with Crippen LogP contribution in [0.4, 0.5) is 0 Å². The first-order valence-electron chi connectivity index (χ1n) is 5.80. The zero-order chi connectivity index (χ0) is 13.1. The standard InChI is InChI=1S/C14H20ClNO/c1-10-5-7-12(8-6-10)11(2)16-13(17)14(3,4)9-15/h5-8,11H,9H2,1-4H3,(H,16,17)/t11-/m0/s1. The van der Waals surface area contributed by atoms with Gasteiger partial charge in [0.1, 0.15) is 0 Å². The van der Waals surface area contributed by atoms with E-state index in [-0.39, 0.29) is 11.9 Å². The number of hydrogen-bond donors (Lipinski definition) is 1. The van der Waals surface area contributed by atoms with Crippen molar-refractivity contribution >= 4 is 17.5 Å². The van der Waals surface area contributed by atoms with Crippen LogP contribution >= 0.6 is 11.6 Å². The van der Waals surface area contributed by atoms with Gasteiger partial charge in [0.25, 0.3) is 0 Å². The van der Waals surface area contributed by atoms with Gasteiger partial charge in [-0.15, -0.1) is 11.6 Å². The molecule has 0 aromatic heterocycles. The van der Waals surface area contributed by atoms with Gasteiger partial charge in [-0.1, -0.05) is 29.8 Å². The summed E-state index contributed by atoms with van der Waals surface area (Å²) in [4.78, 5) is 12.0. The Hall–Kier alpha value is -1.02. The number of carbonyl (C=O) groups excluding carboxylic acids is 1. The van der Waals surface area contributed by atoms with Crippen LogP contribution in [0.3, 0.4) is 0 Å². The fourth-order valence-electron chi connectivity index (χ4n) is 1.39. The molecule has 0 unspecified atom stereocenters. The summed E-state index contributed by atoms with van der Waals surface area (Å²) in [6, 6.07) is 8.17. The van der Waals surface area contributed by atoms with Gasteiger partial charge in [0.2, 0.25) is 5.91 Å². The fourth-order valence-corrected chi connectivity index (χ4v) is 1.51. The Kier molecular flexibility index (Phi) is 4.58. The minimum atomic E-state index is -0.527. The van der Waals surface area contributed by atoms with Crippen LogP contribution < -0.4 is 5.32 Å². The molecular formula is C14H20ClNO. The van der Waals surface area contributed by atoms with Crippen LogP contribution in [0.25, 0.3) is 0 Å². The predicted molar refractivity (Wildman–Crippen MR) is 72.2 cm³/mol. The average Bonchev–Trinajstić information content (AvgIpc) is 2.29. The molecule has 1 rings (SSSR count). The van der Waals surface area contributed by atoms with Crippen molar-refractivity contribution in [1.82, 2.24) is 5.32 Å². The minimum Gasteiger partial charge on any atom is -0.349 e. The van der Waals surface area contributed by atoms with E-state index in [0.717, 1.165) is 5.56 Å². The highest BCUT2D eigenvalue weighted by Gasteiger charge is 2.27. The summed E-state index contributed by atoms with van der Waals surface area (Å²) in [5.74, 6) is 0.306. The molecule has 0 bridgehead atoms. The zero-order valence-electron chi connectivity index (χ0n) is 10.9. The van der Waals surface area contributed by atoms with Crippen LogP contribution in [0.2, 0.25) is 0 Å². The lowest BCUT2D eigenvalue weighted by Crippen LogP contribution is -2.39. The van der Waals surface area contributed by atoms with E-state index < -0.39 is 5.41 Å². The highest BCUT2D eigenvalue weighted by atomic mass is 35.5. The molecule has 1 N–H and O–H groups in total. The third-order valence-corrected chi connectivity index (χ3v) is 3.54. The molecular weight excluding hydrogens is 234 g/mol. The van der Waals surface area contributed by atoms with Crippen molar-refractivity contribution < 1.29 is 4.79 Å². The molecule has 0 aliphatic rings. The van der Waals surface area contributed by atoms with E-state index in [4.69, 9.17) is 11.6 Å². The summed E-state index contributed by atoms with van der Waals surface area (Å²) >= 11 is 5.78. The Morgan fingerprint density at radius 1 is 1.35 bits per heavy atom. The molecule has 3 heteroatoms. The van der Waals surface area contributed by atoms with Gasteiger partial charge in [-0.05, 0) is 33.3 Å². The first kappa shape index (κ1) is 14.0. The van der Waals surface area contributed by atoms with Crippen molar-refractivity contribution in [1.29, 1.82) is 0 Å². The van der Waals surface area contributed by atoms with Gasteiger partial charge in [-0.3, -0.25) is 4.79 Å². The monoisotopic (exact) mass is 253 g/mol. The summed E-state index contributed by atoms with van der Waals surface area (Å²) in [5, 5.41) is 2.98. The van der Waals surface area contributed by atoms with Gasteiger partial charge in [-0.25, -0.2) is 0 Å². The second kappa shape index (κ2) is 5.54. The number of benzene rings is 1. The molecule has 0 saturated carbocycles. The van der Waals surface area contributed by atoms with Crippen LogP contribution in [0.5, 0.6) is 0 Å². The second-order valence-corrected chi connectivity index (χ2v) is 5.39. The highest BCUT2D eigenvalue weighted by Crippen LogP contribution is 2.20. The third kappa shape index (κ3) is 3.74. The maximum atomic E-state index is 12.0. The van der Waals surface area contributed by atoms with Gasteiger partial charge >= 0.3 is 0 Å². The number of hydrogen-bond acceptors (Lipinski definition) is 1. The van der Waals surface area contributed by atoms with Crippen molar-refractivity contribution in [2.45, 2.75) is 33.7 Å². The van der Waals surface area contributed by atoms with Gasteiger partial charge in [0.05, 0.1) is 11.5 Å². The summed E-state index contributed by atoms with van der Waals surface area (Å²) in [5.41, 5.74) is 1.79. The number of carbonyl (C=O) groups is 1. The third-order valence-electron chi connectivity index (χ3n) is 2.87. The minimum absolute atomic E-state index is 0.00518.